The molecule has 106 valence electrons. The van der Waals surface area contributed by atoms with E-state index < -0.39 is 15.8 Å². The highest BCUT2D eigenvalue weighted by molar-refractivity contribution is 7.89. The molecule has 3 rings (SSSR count). The second-order valence-corrected chi connectivity index (χ2v) is 7.62. The molecular formula is C13H13FN2O2S2. The summed E-state index contributed by atoms with van der Waals surface area (Å²) in [5.41, 5.74) is 6.65. The molecule has 0 fully saturated rings. The van der Waals surface area contributed by atoms with E-state index in [-0.39, 0.29) is 10.6 Å². The molecule has 2 heterocycles. The Bertz CT molecular complexity index is 735. The molecule has 1 aromatic carbocycles. The quantitative estimate of drug-likeness (QED) is 0.865. The highest BCUT2D eigenvalue weighted by Crippen LogP contribution is 2.28. The first-order valence-electron chi connectivity index (χ1n) is 6.08. The molecule has 0 aliphatic carbocycles. The first-order valence-corrected chi connectivity index (χ1v) is 8.40. The third-order valence-corrected chi connectivity index (χ3v) is 6.15. The average Bonchev–Trinajstić information content (AvgIpc) is 2.84. The maximum Gasteiger partial charge on any atom is 0.243 e. The third-order valence-electron chi connectivity index (χ3n) is 3.30. The molecule has 20 heavy (non-hydrogen) atoms. The summed E-state index contributed by atoms with van der Waals surface area (Å²) in [4.78, 5) is 1.13. The Labute approximate surface area is 120 Å². The van der Waals surface area contributed by atoms with Crippen LogP contribution in [0.25, 0.3) is 0 Å². The number of nitrogens with two attached hydrogens (primary N) is 1. The number of fused-ring (bicyclic) bond motifs is 1. The topological polar surface area (TPSA) is 63.4 Å². The molecular weight excluding hydrogens is 299 g/mol. The summed E-state index contributed by atoms with van der Waals surface area (Å²) >= 11 is 1.64. The lowest BCUT2D eigenvalue weighted by Crippen LogP contribution is -2.35. The SMILES string of the molecule is Nc1cc(F)cc(S(=O)(=O)N2CCc3sccc3C2)c1. The van der Waals surface area contributed by atoms with Crippen molar-refractivity contribution in [2.45, 2.75) is 17.9 Å². The molecule has 0 radical (unpaired) electrons. The summed E-state index contributed by atoms with van der Waals surface area (Å²) in [5.74, 6) is -0.642. The van der Waals surface area contributed by atoms with Crippen LogP contribution in [0.4, 0.5) is 10.1 Å². The Morgan fingerprint density at radius 3 is 2.85 bits per heavy atom. The van der Waals surface area contributed by atoms with Crippen LogP contribution in [0.15, 0.2) is 34.5 Å². The number of nitrogen functional groups attached to an aromatic ring is 1. The Kier molecular flexibility index (Phi) is 3.27. The first-order chi connectivity index (χ1) is 9.46. The lowest BCUT2D eigenvalue weighted by Gasteiger charge is -2.26. The number of rotatable bonds is 2. The second-order valence-electron chi connectivity index (χ2n) is 4.68. The van der Waals surface area contributed by atoms with Crippen LogP contribution in [0, 0.1) is 5.82 Å². The summed E-state index contributed by atoms with van der Waals surface area (Å²) in [6.45, 7) is 0.740. The summed E-state index contributed by atoms with van der Waals surface area (Å²) in [6.07, 6.45) is 0.691. The molecule has 2 aromatic rings. The number of anilines is 1. The van der Waals surface area contributed by atoms with Crippen molar-refractivity contribution in [2.24, 2.45) is 0 Å². The van der Waals surface area contributed by atoms with Gasteiger partial charge in [0.2, 0.25) is 10.0 Å². The van der Waals surface area contributed by atoms with Gasteiger partial charge in [-0.2, -0.15) is 4.31 Å². The highest BCUT2D eigenvalue weighted by Gasteiger charge is 2.29. The molecule has 0 saturated heterocycles. The summed E-state index contributed by atoms with van der Waals surface area (Å²) < 4.78 is 39.8. The largest absolute Gasteiger partial charge is 0.399 e. The lowest BCUT2D eigenvalue weighted by molar-refractivity contribution is 0.394. The van der Waals surface area contributed by atoms with Crippen LogP contribution in [0.3, 0.4) is 0 Å². The summed E-state index contributed by atoms with van der Waals surface area (Å²) in [5, 5.41) is 1.96. The van der Waals surface area contributed by atoms with E-state index in [4.69, 9.17) is 5.73 Å². The van der Waals surface area contributed by atoms with Crippen molar-refractivity contribution < 1.29 is 12.8 Å². The Morgan fingerprint density at radius 2 is 2.10 bits per heavy atom. The van der Waals surface area contributed by atoms with Crippen molar-refractivity contribution >= 4 is 27.0 Å². The smallest absolute Gasteiger partial charge is 0.243 e. The minimum atomic E-state index is -3.71. The number of hydrogen-bond acceptors (Lipinski definition) is 4. The maximum absolute atomic E-state index is 13.4. The summed E-state index contributed by atoms with van der Waals surface area (Å²) in [7, 11) is -3.71. The van der Waals surface area contributed by atoms with E-state index in [9.17, 15) is 12.8 Å². The normalized spacial score (nSPS) is 16.1. The van der Waals surface area contributed by atoms with Gasteiger partial charge in [0.05, 0.1) is 4.90 Å². The Balaban J connectivity index is 1.97. The molecule has 1 aliphatic rings. The lowest BCUT2D eigenvalue weighted by atomic mass is 10.1. The number of hydrogen-bond donors (Lipinski definition) is 1. The fourth-order valence-corrected chi connectivity index (χ4v) is 4.69. The first kappa shape index (κ1) is 13.5. The number of sulfonamides is 1. The van der Waals surface area contributed by atoms with Crippen LogP contribution in [0.2, 0.25) is 0 Å². The van der Waals surface area contributed by atoms with Gasteiger partial charge in [0, 0.05) is 23.7 Å². The van der Waals surface area contributed by atoms with Gasteiger partial charge >= 0.3 is 0 Å². The van der Waals surface area contributed by atoms with Gasteiger partial charge in [-0.25, -0.2) is 12.8 Å². The Hall–Kier alpha value is -1.44. The van der Waals surface area contributed by atoms with Gasteiger partial charge in [-0.15, -0.1) is 11.3 Å². The van der Waals surface area contributed by atoms with Crippen LogP contribution in [-0.4, -0.2) is 19.3 Å². The van der Waals surface area contributed by atoms with Gasteiger partial charge in [-0.1, -0.05) is 0 Å². The van der Waals surface area contributed by atoms with Crippen molar-refractivity contribution in [3.05, 3.63) is 45.9 Å². The van der Waals surface area contributed by atoms with E-state index in [1.165, 1.54) is 15.2 Å². The van der Waals surface area contributed by atoms with Crippen LogP contribution in [0.1, 0.15) is 10.4 Å². The molecule has 7 heteroatoms. The number of nitrogens with zero attached hydrogens (tertiary/aromatic N) is 1. The number of halogens is 1. The van der Waals surface area contributed by atoms with Crippen molar-refractivity contribution in [3.63, 3.8) is 0 Å². The molecule has 1 aliphatic heterocycles. The van der Waals surface area contributed by atoms with E-state index in [0.29, 0.717) is 19.5 Å². The average molecular weight is 312 g/mol. The van der Waals surface area contributed by atoms with Gasteiger partial charge in [0.25, 0.3) is 0 Å². The fraction of sp³-hybridized carbons (Fsp3) is 0.231. The molecule has 0 atom stereocenters. The van der Waals surface area contributed by atoms with Crippen LogP contribution in [-0.2, 0) is 23.0 Å². The van der Waals surface area contributed by atoms with Gasteiger partial charge < -0.3 is 5.73 Å². The Morgan fingerprint density at radius 1 is 1.30 bits per heavy atom. The number of thiophene rings is 1. The highest BCUT2D eigenvalue weighted by atomic mass is 32.2. The van der Waals surface area contributed by atoms with Crippen LogP contribution < -0.4 is 5.73 Å². The maximum atomic E-state index is 13.4. The van der Waals surface area contributed by atoms with E-state index in [2.05, 4.69) is 0 Å². The van der Waals surface area contributed by atoms with Crippen LogP contribution in [0.5, 0.6) is 0 Å². The van der Waals surface area contributed by atoms with Gasteiger partial charge in [-0.05, 0) is 41.6 Å². The molecule has 4 nitrogen and oxygen atoms in total. The zero-order chi connectivity index (χ0) is 14.3. The molecule has 0 saturated carbocycles. The monoisotopic (exact) mass is 312 g/mol. The van der Waals surface area contributed by atoms with Gasteiger partial charge in [-0.3, -0.25) is 0 Å². The van der Waals surface area contributed by atoms with Crippen molar-refractivity contribution in [1.29, 1.82) is 0 Å². The van der Waals surface area contributed by atoms with E-state index in [0.717, 1.165) is 17.7 Å². The zero-order valence-electron chi connectivity index (χ0n) is 10.5. The fourth-order valence-electron chi connectivity index (χ4n) is 2.31. The molecule has 0 spiro atoms. The molecule has 1 aromatic heterocycles. The predicted molar refractivity (Wildman–Crippen MR) is 76.4 cm³/mol. The van der Waals surface area contributed by atoms with E-state index in [1.54, 1.807) is 11.3 Å². The summed E-state index contributed by atoms with van der Waals surface area (Å²) in [6, 6.07) is 5.34. The third kappa shape index (κ3) is 2.32. The van der Waals surface area contributed by atoms with E-state index in [1.807, 2.05) is 11.4 Å². The van der Waals surface area contributed by atoms with Gasteiger partial charge in [0.1, 0.15) is 5.82 Å². The van der Waals surface area contributed by atoms with E-state index >= 15 is 0 Å². The van der Waals surface area contributed by atoms with Crippen molar-refractivity contribution in [3.8, 4) is 0 Å². The molecule has 2 N–H and O–H groups in total. The van der Waals surface area contributed by atoms with Gasteiger partial charge in [0.15, 0.2) is 0 Å². The minimum absolute atomic E-state index is 0.0892. The zero-order valence-corrected chi connectivity index (χ0v) is 12.2. The molecule has 0 amide bonds. The van der Waals surface area contributed by atoms with Crippen molar-refractivity contribution in [2.75, 3.05) is 12.3 Å². The predicted octanol–water partition coefficient (Wildman–Crippen LogP) is 2.22. The molecule has 0 unspecified atom stereocenters. The van der Waals surface area contributed by atoms with Crippen LogP contribution >= 0.6 is 11.3 Å². The molecule has 0 bridgehead atoms. The second kappa shape index (κ2) is 4.83. The standard InChI is InChI=1S/C13H13FN2O2S2/c14-10-5-11(15)7-12(6-10)20(17,18)16-3-1-13-9(8-16)2-4-19-13/h2,4-7H,1,3,8,15H2. The number of benzene rings is 1. The minimum Gasteiger partial charge on any atom is -0.399 e. The van der Waals surface area contributed by atoms with Crippen molar-refractivity contribution in [1.82, 2.24) is 4.31 Å².